The third kappa shape index (κ3) is 4.09. The number of para-hydroxylation sites is 1. The summed E-state index contributed by atoms with van der Waals surface area (Å²) in [6.45, 7) is 2.05. The molecule has 0 spiro atoms. The number of carbonyl (C=O) groups excluding carboxylic acids is 1. The highest BCUT2D eigenvalue weighted by atomic mass is 16.5. The van der Waals surface area contributed by atoms with E-state index in [-0.39, 0.29) is 11.9 Å². The van der Waals surface area contributed by atoms with Crippen molar-refractivity contribution in [2.75, 3.05) is 7.11 Å². The lowest BCUT2D eigenvalue weighted by atomic mass is 10.0. The molecule has 2 aromatic carbocycles. The molecule has 0 fully saturated rings. The molecule has 0 radical (unpaired) electrons. The van der Waals surface area contributed by atoms with Gasteiger partial charge in [0, 0.05) is 23.2 Å². The van der Waals surface area contributed by atoms with Crippen molar-refractivity contribution in [1.29, 1.82) is 0 Å². The van der Waals surface area contributed by atoms with Crippen LogP contribution >= 0.6 is 0 Å². The molecule has 1 unspecified atom stereocenters. The Morgan fingerprint density at radius 1 is 1.15 bits per heavy atom. The zero-order valence-electron chi connectivity index (χ0n) is 15.0. The van der Waals surface area contributed by atoms with Gasteiger partial charge < -0.3 is 10.1 Å². The van der Waals surface area contributed by atoms with E-state index in [1.165, 1.54) is 0 Å². The highest BCUT2D eigenvalue weighted by Crippen LogP contribution is 2.20. The number of carbonyl (C=O) groups is 1. The van der Waals surface area contributed by atoms with Gasteiger partial charge >= 0.3 is 0 Å². The highest BCUT2D eigenvalue weighted by Gasteiger charge is 2.11. The van der Waals surface area contributed by atoms with E-state index in [1.54, 1.807) is 19.4 Å². The molecule has 4 nitrogen and oxygen atoms in total. The molecule has 132 valence electrons. The summed E-state index contributed by atoms with van der Waals surface area (Å²) >= 11 is 0. The van der Waals surface area contributed by atoms with Crippen molar-refractivity contribution in [3.8, 4) is 5.75 Å². The molecule has 0 aliphatic rings. The molecular weight excluding hydrogens is 324 g/mol. The Bertz CT molecular complexity index is 912. The van der Waals surface area contributed by atoms with Crippen LogP contribution in [0.25, 0.3) is 17.0 Å². The quantitative estimate of drug-likeness (QED) is 0.668. The molecule has 0 saturated heterocycles. The summed E-state index contributed by atoms with van der Waals surface area (Å²) in [6, 6.07) is 17.6. The molecule has 3 rings (SSSR count). The Morgan fingerprint density at radius 2 is 1.92 bits per heavy atom. The van der Waals surface area contributed by atoms with Gasteiger partial charge in [0.05, 0.1) is 18.7 Å². The standard InChI is InChI=1S/C22H22N2O2/c1-3-20(16-9-12-19(26-2)13-10-16)24-21(25)14-11-18-7-4-6-17-8-5-15-23-22(17)18/h4-15,20H,3H2,1-2H3,(H,24,25)/b14-11+. The third-order valence-electron chi connectivity index (χ3n) is 4.32. The normalized spacial score (nSPS) is 12.2. The van der Waals surface area contributed by atoms with Crippen LogP contribution in [-0.2, 0) is 4.79 Å². The average molecular weight is 346 g/mol. The predicted octanol–water partition coefficient (Wildman–Crippen LogP) is 4.52. The molecule has 0 aliphatic heterocycles. The van der Waals surface area contributed by atoms with Gasteiger partial charge in [-0.05, 0) is 36.3 Å². The molecule has 3 aromatic rings. The van der Waals surface area contributed by atoms with Crippen LogP contribution in [-0.4, -0.2) is 18.0 Å². The minimum absolute atomic E-state index is 0.0382. The maximum absolute atomic E-state index is 12.4. The molecule has 1 N–H and O–H groups in total. The monoisotopic (exact) mass is 346 g/mol. The van der Waals surface area contributed by atoms with Crippen molar-refractivity contribution in [3.63, 3.8) is 0 Å². The Labute approximate surface area is 153 Å². The van der Waals surface area contributed by atoms with Crippen LogP contribution in [0.3, 0.4) is 0 Å². The van der Waals surface area contributed by atoms with Gasteiger partial charge in [0.15, 0.2) is 0 Å². The first-order valence-electron chi connectivity index (χ1n) is 8.67. The van der Waals surface area contributed by atoms with E-state index in [4.69, 9.17) is 4.74 Å². The van der Waals surface area contributed by atoms with Gasteiger partial charge in [-0.1, -0.05) is 43.3 Å². The molecule has 1 atom stereocenters. The van der Waals surface area contributed by atoms with Gasteiger partial charge in [-0.2, -0.15) is 0 Å². The lowest BCUT2D eigenvalue weighted by Crippen LogP contribution is -2.26. The number of rotatable bonds is 6. The van der Waals surface area contributed by atoms with Crippen molar-refractivity contribution in [2.24, 2.45) is 0 Å². The number of fused-ring (bicyclic) bond motifs is 1. The van der Waals surface area contributed by atoms with E-state index in [1.807, 2.05) is 67.6 Å². The molecule has 26 heavy (non-hydrogen) atoms. The van der Waals surface area contributed by atoms with Crippen molar-refractivity contribution in [1.82, 2.24) is 10.3 Å². The van der Waals surface area contributed by atoms with Gasteiger partial charge in [0.1, 0.15) is 5.75 Å². The molecule has 0 bridgehead atoms. The predicted molar refractivity (Wildman–Crippen MR) is 105 cm³/mol. The average Bonchev–Trinajstić information content (AvgIpc) is 2.70. The molecule has 0 saturated carbocycles. The second-order valence-corrected chi connectivity index (χ2v) is 6.00. The number of benzene rings is 2. The minimum atomic E-state index is -0.124. The van der Waals surface area contributed by atoms with Crippen LogP contribution in [0.15, 0.2) is 66.9 Å². The molecule has 1 heterocycles. The van der Waals surface area contributed by atoms with Crippen LogP contribution in [0, 0.1) is 0 Å². The zero-order valence-corrected chi connectivity index (χ0v) is 15.0. The van der Waals surface area contributed by atoms with Crippen LogP contribution < -0.4 is 10.1 Å². The lowest BCUT2D eigenvalue weighted by Gasteiger charge is -2.16. The van der Waals surface area contributed by atoms with Gasteiger partial charge in [0.2, 0.25) is 5.91 Å². The summed E-state index contributed by atoms with van der Waals surface area (Å²) in [5.74, 6) is 0.680. The van der Waals surface area contributed by atoms with Gasteiger partial charge in [-0.25, -0.2) is 0 Å². The maximum atomic E-state index is 12.4. The number of ether oxygens (including phenoxy) is 1. The van der Waals surface area contributed by atoms with Crippen molar-refractivity contribution in [2.45, 2.75) is 19.4 Å². The van der Waals surface area contributed by atoms with E-state index in [9.17, 15) is 4.79 Å². The van der Waals surface area contributed by atoms with E-state index < -0.39 is 0 Å². The van der Waals surface area contributed by atoms with Crippen LogP contribution in [0.4, 0.5) is 0 Å². The van der Waals surface area contributed by atoms with Crippen molar-refractivity contribution in [3.05, 3.63) is 78.0 Å². The van der Waals surface area contributed by atoms with E-state index in [0.717, 1.165) is 34.2 Å². The van der Waals surface area contributed by atoms with E-state index >= 15 is 0 Å². The van der Waals surface area contributed by atoms with E-state index in [0.29, 0.717) is 0 Å². The topological polar surface area (TPSA) is 51.2 Å². The largest absolute Gasteiger partial charge is 0.497 e. The number of pyridine rings is 1. The Morgan fingerprint density at radius 3 is 2.65 bits per heavy atom. The number of amides is 1. The lowest BCUT2D eigenvalue weighted by molar-refractivity contribution is -0.117. The summed E-state index contributed by atoms with van der Waals surface area (Å²) in [5.41, 5.74) is 2.87. The fourth-order valence-corrected chi connectivity index (χ4v) is 2.90. The van der Waals surface area contributed by atoms with Gasteiger partial charge in [-0.3, -0.25) is 9.78 Å². The summed E-state index contributed by atoms with van der Waals surface area (Å²) in [6.07, 6.45) is 5.94. The van der Waals surface area contributed by atoms with Gasteiger partial charge in [-0.15, -0.1) is 0 Å². The van der Waals surface area contributed by atoms with Crippen molar-refractivity contribution < 1.29 is 9.53 Å². The fraction of sp³-hybridized carbons (Fsp3) is 0.182. The first-order valence-corrected chi connectivity index (χ1v) is 8.67. The zero-order chi connectivity index (χ0) is 18.4. The number of hydrogen-bond donors (Lipinski definition) is 1. The first kappa shape index (κ1) is 17.7. The number of nitrogens with one attached hydrogen (secondary N) is 1. The van der Waals surface area contributed by atoms with Crippen molar-refractivity contribution >= 4 is 22.9 Å². The molecular formula is C22H22N2O2. The highest BCUT2D eigenvalue weighted by molar-refractivity contribution is 5.95. The summed E-state index contributed by atoms with van der Waals surface area (Å²) in [7, 11) is 1.64. The SMILES string of the molecule is CCC(NC(=O)/C=C/c1cccc2cccnc12)c1ccc(OC)cc1. The Balaban J connectivity index is 1.72. The second-order valence-electron chi connectivity index (χ2n) is 6.00. The smallest absolute Gasteiger partial charge is 0.244 e. The molecule has 0 aliphatic carbocycles. The first-order chi connectivity index (χ1) is 12.7. The van der Waals surface area contributed by atoms with Crippen LogP contribution in [0.5, 0.6) is 5.75 Å². The number of aromatic nitrogens is 1. The van der Waals surface area contributed by atoms with E-state index in [2.05, 4.69) is 10.3 Å². The third-order valence-corrected chi connectivity index (χ3v) is 4.32. The Kier molecular flexibility index (Phi) is 5.64. The number of hydrogen-bond acceptors (Lipinski definition) is 3. The van der Waals surface area contributed by atoms with Crippen LogP contribution in [0.1, 0.15) is 30.5 Å². The fourth-order valence-electron chi connectivity index (χ4n) is 2.90. The minimum Gasteiger partial charge on any atom is -0.497 e. The Hall–Kier alpha value is -3.14. The second kappa shape index (κ2) is 8.30. The molecule has 1 aromatic heterocycles. The summed E-state index contributed by atoms with van der Waals surface area (Å²) < 4.78 is 5.18. The number of nitrogens with zero attached hydrogens (tertiary/aromatic N) is 1. The summed E-state index contributed by atoms with van der Waals surface area (Å²) in [5, 5.41) is 4.11. The molecule has 1 amide bonds. The maximum Gasteiger partial charge on any atom is 0.244 e. The molecule has 4 heteroatoms. The number of methoxy groups -OCH3 is 1. The van der Waals surface area contributed by atoms with Gasteiger partial charge in [0.25, 0.3) is 0 Å². The summed E-state index contributed by atoms with van der Waals surface area (Å²) in [4.78, 5) is 16.8. The van der Waals surface area contributed by atoms with Crippen LogP contribution in [0.2, 0.25) is 0 Å².